The molecule has 0 bridgehead atoms. The molecule has 0 heterocycles. The number of benzene rings is 1. The number of hydrogen-bond acceptors (Lipinski definition) is 2. The van der Waals surface area contributed by atoms with E-state index < -0.39 is 14.4 Å². The first-order chi connectivity index (χ1) is 11.3. The molecule has 1 aromatic rings. The summed E-state index contributed by atoms with van der Waals surface area (Å²) in [5.74, 6) is 0.214. The maximum atomic E-state index is 11.0. The van der Waals surface area contributed by atoms with Crippen molar-refractivity contribution in [3.63, 3.8) is 0 Å². The third kappa shape index (κ3) is 5.18. The van der Waals surface area contributed by atoms with Gasteiger partial charge >= 0.3 is 0 Å². The van der Waals surface area contributed by atoms with Gasteiger partial charge in [0.05, 0.1) is 6.10 Å². The number of aliphatic hydroxyl groups excluding tert-OH is 1. The Balaban J connectivity index is 2.12. The highest BCUT2D eigenvalue weighted by Crippen LogP contribution is 2.40. The third-order valence-corrected chi connectivity index (χ3v) is 10.5. The molecule has 25 heavy (non-hydrogen) atoms. The quantitative estimate of drug-likeness (QED) is 0.676. The van der Waals surface area contributed by atoms with Crippen LogP contribution in [0.25, 0.3) is 0 Å². The van der Waals surface area contributed by atoms with Crippen LogP contribution in [0.3, 0.4) is 0 Å². The summed E-state index contributed by atoms with van der Waals surface area (Å²) in [5, 5.41) is 11.2. The van der Waals surface area contributed by atoms with E-state index in [1.165, 1.54) is 11.1 Å². The fraction of sp³-hybridized carbons (Fsp3) is 0.727. The molecular weight excluding hydrogens is 324 g/mol. The number of hydrogen-bond donors (Lipinski definition) is 1. The second-order valence-electron chi connectivity index (χ2n) is 10.6. The van der Waals surface area contributed by atoms with Crippen LogP contribution in [0, 0.1) is 11.3 Å². The zero-order valence-corrected chi connectivity index (χ0v) is 18.6. The highest BCUT2D eigenvalue weighted by molar-refractivity contribution is 6.74. The van der Waals surface area contributed by atoms with Crippen molar-refractivity contribution < 1.29 is 9.53 Å². The van der Waals surface area contributed by atoms with Crippen molar-refractivity contribution in [3.8, 4) is 0 Å². The predicted octanol–water partition coefficient (Wildman–Crippen LogP) is 5.89. The molecule has 1 aliphatic carbocycles. The smallest absolute Gasteiger partial charge is 0.191 e. The van der Waals surface area contributed by atoms with E-state index in [9.17, 15) is 5.11 Å². The second-order valence-corrected chi connectivity index (χ2v) is 15.4. The van der Waals surface area contributed by atoms with Crippen molar-refractivity contribution in [2.45, 2.75) is 85.0 Å². The van der Waals surface area contributed by atoms with Gasteiger partial charge in [-0.25, -0.2) is 0 Å². The molecule has 0 aliphatic heterocycles. The monoisotopic (exact) mass is 362 g/mol. The van der Waals surface area contributed by atoms with E-state index in [2.05, 4.69) is 72.8 Å². The van der Waals surface area contributed by atoms with Gasteiger partial charge in [0.2, 0.25) is 0 Å². The Labute approximate surface area is 156 Å². The Hall–Kier alpha value is -0.643. The first-order valence-corrected chi connectivity index (χ1v) is 12.6. The van der Waals surface area contributed by atoms with Crippen molar-refractivity contribution in [3.05, 3.63) is 34.9 Å². The molecule has 2 unspecified atom stereocenters. The predicted molar refractivity (Wildman–Crippen MR) is 110 cm³/mol. The second kappa shape index (κ2) is 7.17. The first kappa shape index (κ1) is 20.7. The number of aliphatic hydroxyl groups is 1. The Bertz CT molecular complexity index is 593. The largest absolute Gasteiger partial charge is 0.416 e. The minimum Gasteiger partial charge on any atom is -0.416 e. The average molecular weight is 363 g/mol. The summed E-state index contributed by atoms with van der Waals surface area (Å²) in [6, 6.07) is 6.71. The van der Waals surface area contributed by atoms with E-state index in [0.29, 0.717) is 6.61 Å². The van der Waals surface area contributed by atoms with E-state index in [-0.39, 0.29) is 16.4 Å². The number of fused-ring (bicyclic) bond motifs is 1. The topological polar surface area (TPSA) is 29.5 Å². The van der Waals surface area contributed by atoms with Gasteiger partial charge in [-0.3, -0.25) is 0 Å². The summed E-state index contributed by atoms with van der Waals surface area (Å²) < 4.78 is 6.41. The normalized spacial score (nSPS) is 22.0. The van der Waals surface area contributed by atoms with Gasteiger partial charge in [-0.05, 0) is 59.5 Å². The van der Waals surface area contributed by atoms with Gasteiger partial charge in [0.1, 0.15) is 0 Å². The summed E-state index contributed by atoms with van der Waals surface area (Å²) in [6.07, 6.45) is 2.71. The van der Waals surface area contributed by atoms with Gasteiger partial charge in [0.25, 0.3) is 0 Å². The van der Waals surface area contributed by atoms with E-state index in [0.717, 1.165) is 24.8 Å². The van der Waals surface area contributed by atoms with E-state index >= 15 is 0 Å². The first-order valence-electron chi connectivity index (χ1n) is 9.74. The van der Waals surface area contributed by atoms with E-state index in [4.69, 9.17) is 4.43 Å². The zero-order chi connectivity index (χ0) is 19.0. The van der Waals surface area contributed by atoms with E-state index in [1.54, 1.807) is 0 Å². The van der Waals surface area contributed by atoms with E-state index in [1.807, 2.05) is 0 Å². The van der Waals surface area contributed by atoms with Crippen LogP contribution in [0.5, 0.6) is 0 Å². The molecule has 2 rings (SSSR count). The number of aryl methyl sites for hydroxylation is 1. The highest BCUT2D eigenvalue weighted by Gasteiger charge is 2.39. The van der Waals surface area contributed by atoms with Crippen LogP contribution in [0.1, 0.15) is 70.8 Å². The Morgan fingerprint density at radius 2 is 1.76 bits per heavy atom. The van der Waals surface area contributed by atoms with Gasteiger partial charge in [-0.2, -0.15) is 0 Å². The van der Waals surface area contributed by atoms with Gasteiger partial charge in [0.15, 0.2) is 8.32 Å². The molecule has 0 aromatic heterocycles. The van der Waals surface area contributed by atoms with Crippen LogP contribution >= 0.6 is 0 Å². The SMILES string of the molecule is CC(C)(C)Cc1ccc2c(c1)C(O)C(CO[Si](C)(C)C(C)(C)C)CC2. The molecule has 0 saturated heterocycles. The molecule has 3 heteroatoms. The standard InChI is InChI=1S/C22H38O2Si/c1-21(2,3)14-16-9-10-17-11-12-18(20(23)19(17)13-16)15-24-25(7,8)22(4,5)6/h9-10,13,18,20,23H,11-12,14-15H2,1-8H3. The van der Waals surface area contributed by atoms with Gasteiger partial charge < -0.3 is 9.53 Å². The summed E-state index contributed by atoms with van der Waals surface area (Å²) in [6.45, 7) is 18.9. The molecule has 142 valence electrons. The van der Waals surface area contributed by atoms with Crippen LogP contribution in [0.2, 0.25) is 18.1 Å². The molecule has 1 aromatic carbocycles. The van der Waals surface area contributed by atoms with Crippen molar-refractivity contribution in [2.75, 3.05) is 6.61 Å². The van der Waals surface area contributed by atoms with Crippen LogP contribution < -0.4 is 0 Å². The molecule has 1 N–H and O–H groups in total. The minimum absolute atomic E-state index is 0.213. The summed E-state index contributed by atoms with van der Waals surface area (Å²) in [7, 11) is -1.76. The molecule has 0 fully saturated rings. The molecule has 0 saturated carbocycles. The maximum absolute atomic E-state index is 11.0. The molecule has 1 aliphatic rings. The van der Waals surface area contributed by atoms with Crippen molar-refractivity contribution in [2.24, 2.45) is 11.3 Å². The maximum Gasteiger partial charge on any atom is 0.191 e. The Morgan fingerprint density at radius 1 is 1.12 bits per heavy atom. The molecule has 0 radical (unpaired) electrons. The zero-order valence-electron chi connectivity index (χ0n) is 17.6. The van der Waals surface area contributed by atoms with Crippen molar-refractivity contribution >= 4 is 8.32 Å². The lowest BCUT2D eigenvalue weighted by Gasteiger charge is -2.39. The molecule has 2 atom stereocenters. The lowest BCUT2D eigenvalue weighted by Crippen LogP contribution is -2.42. The summed E-state index contributed by atoms with van der Waals surface area (Å²) in [4.78, 5) is 0. The van der Waals surface area contributed by atoms with Crippen LogP contribution in [-0.2, 0) is 17.3 Å². The summed E-state index contributed by atoms with van der Waals surface area (Å²) in [5.41, 5.74) is 4.04. The Kier molecular flexibility index (Phi) is 5.93. The van der Waals surface area contributed by atoms with Crippen LogP contribution in [0.4, 0.5) is 0 Å². The van der Waals surface area contributed by atoms with Crippen molar-refractivity contribution in [1.82, 2.24) is 0 Å². The van der Waals surface area contributed by atoms with Gasteiger partial charge in [-0.15, -0.1) is 0 Å². The molecule has 0 spiro atoms. The lowest BCUT2D eigenvalue weighted by atomic mass is 9.79. The van der Waals surface area contributed by atoms with Crippen LogP contribution in [-0.4, -0.2) is 20.0 Å². The minimum atomic E-state index is -1.76. The van der Waals surface area contributed by atoms with Crippen LogP contribution in [0.15, 0.2) is 18.2 Å². The number of rotatable bonds is 4. The fourth-order valence-electron chi connectivity index (χ4n) is 3.33. The summed E-state index contributed by atoms with van der Waals surface area (Å²) >= 11 is 0. The molecular formula is C22H38O2Si. The fourth-order valence-corrected chi connectivity index (χ4v) is 4.39. The highest BCUT2D eigenvalue weighted by atomic mass is 28.4. The Morgan fingerprint density at radius 3 is 2.32 bits per heavy atom. The molecule has 2 nitrogen and oxygen atoms in total. The average Bonchev–Trinajstić information content (AvgIpc) is 2.44. The molecule has 0 amide bonds. The third-order valence-electron chi connectivity index (χ3n) is 5.96. The van der Waals surface area contributed by atoms with Gasteiger partial charge in [0, 0.05) is 12.5 Å². The van der Waals surface area contributed by atoms with Gasteiger partial charge in [-0.1, -0.05) is 59.7 Å². The lowest BCUT2D eigenvalue weighted by molar-refractivity contribution is 0.0574. The van der Waals surface area contributed by atoms with Crippen molar-refractivity contribution in [1.29, 1.82) is 0 Å².